The molecule has 4 rings (SSSR count). The number of carbonyl (C=O) groups excluding carboxylic acids is 1. The fraction of sp³-hybridized carbons (Fsp3) is 0.500. The van der Waals surface area contributed by atoms with Crippen LogP contribution in [-0.4, -0.2) is 43.1 Å². The lowest BCUT2D eigenvalue weighted by Crippen LogP contribution is -2.49. The van der Waals surface area contributed by atoms with E-state index in [1.807, 2.05) is 35.2 Å². The van der Waals surface area contributed by atoms with Gasteiger partial charge in [-0.2, -0.15) is 26.3 Å². The van der Waals surface area contributed by atoms with Gasteiger partial charge < -0.3 is 15.0 Å². The Balaban J connectivity index is 1.52. The molecule has 2 fully saturated rings. The molecule has 2 aromatic rings. The molecular weight excluding hydrogens is 486 g/mol. The molecule has 2 atom stereocenters. The van der Waals surface area contributed by atoms with E-state index >= 15 is 0 Å². The molecule has 1 N–H and O–H groups in total. The number of rotatable bonds is 5. The first-order valence-corrected chi connectivity index (χ1v) is 12.0. The van der Waals surface area contributed by atoms with E-state index < -0.39 is 36.2 Å². The van der Waals surface area contributed by atoms with Crippen molar-refractivity contribution in [1.82, 2.24) is 10.2 Å². The predicted molar refractivity (Wildman–Crippen MR) is 121 cm³/mol. The third-order valence-corrected chi connectivity index (χ3v) is 6.89. The highest BCUT2D eigenvalue weighted by atomic mass is 19.4. The van der Waals surface area contributed by atoms with Gasteiger partial charge in [0.05, 0.1) is 23.8 Å². The Labute approximate surface area is 205 Å². The van der Waals surface area contributed by atoms with Crippen LogP contribution in [0, 0.1) is 5.92 Å². The molecule has 0 unspecified atom stereocenters. The molecule has 2 aromatic carbocycles. The van der Waals surface area contributed by atoms with Gasteiger partial charge in [-0.25, -0.2) is 0 Å². The van der Waals surface area contributed by atoms with Crippen molar-refractivity contribution in [3.63, 3.8) is 0 Å². The molecule has 1 amide bonds. The van der Waals surface area contributed by atoms with Crippen LogP contribution < -0.4 is 5.32 Å². The first-order chi connectivity index (χ1) is 17.0. The molecule has 2 saturated heterocycles. The topological polar surface area (TPSA) is 41.6 Å². The highest BCUT2D eigenvalue weighted by Gasteiger charge is 2.38. The minimum absolute atomic E-state index is 0.0500. The van der Waals surface area contributed by atoms with Gasteiger partial charge in [-0.15, -0.1) is 0 Å². The summed E-state index contributed by atoms with van der Waals surface area (Å²) in [4.78, 5) is 14.9. The van der Waals surface area contributed by atoms with Crippen LogP contribution >= 0.6 is 0 Å². The highest BCUT2D eigenvalue weighted by molar-refractivity contribution is 5.79. The number of hydrogen-bond acceptors (Lipinski definition) is 3. The zero-order chi connectivity index (χ0) is 25.9. The number of carbonyl (C=O) groups is 1. The van der Waals surface area contributed by atoms with Gasteiger partial charge in [0.2, 0.25) is 5.91 Å². The maximum absolute atomic E-state index is 13.2. The summed E-state index contributed by atoms with van der Waals surface area (Å²) in [7, 11) is 0. The summed E-state index contributed by atoms with van der Waals surface area (Å²) >= 11 is 0. The molecule has 4 nitrogen and oxygen atoms in total. The average molecular weight is 515 g/mol. The standard InChI is InChI=1S/C26H28F6N2O2/c27-25(28,29)20-12-17(13-21(14-20)26(30,31)32)16-36-23-8-11-34(24(35)19-6-9-33-10-7-19)15-22(23)18-4-2-1-3-5-18/h1-5,12-14,19,22-23,33H,6-11,15-16H2/t22-,23-/m1/s1. The maximum atomic E-state index is 13.2. The van der Waals surface area contributed by atoms with E-state index in [0.29, 0.717) is 31.6 Å². The quantitative estimate of drug-likeness (QED) is 0.527. The number of likely N-dealkylation sites (tertiary alicyclic amines) is 1. The van der Waals surface area contributed by atoms with Crippen molar-refractivity contribution in [1.29, 1.82) is 0 Å². The van der Waals surface area contributed by atoms with Gasteiger partial charge in [-0.05, 0) is 61.7 Å². The summed E-state index contributed by atoms with van der Waals surface area (Å²) in [5.74, 6) is -0.215. The third-order valence-electron chi connectivity index (χ3n) is 6.89. The Kier molecular flexibility index (Phi) is 7.94. The lowest BCUT2D eigenvalue weighted by molar-refractivity contribution is -0.143. The SMILES string of the molecule is O=C(C1CCNCC1)N1CC[C@@H](OCc2cc(C(F)(F)F)cc(C(F)(F)F)c2)[C@@H](c2ccccc2)C1. The van der Waals surface area contributed by atoms with Crippen molar-refractivity contribution in [3.05, 3.63) is 70.8 Å². The lowest BCUT2D eigenvalue weighted by atomic mass is 9.86. The first-order valence-electron chi connectivity index (χ1n) is 12.0. The van der Waals surface area contributed by atoms with Crippen LogP contribution in [0.3, 0.4) is 0 Å². The Hall–Kier alpha value is -2.59. The van der Waals surface area contributed by atoms with Crippen molar-refractivity contribution in [3.8, 4) is 0 Å². The van der Waals surface area contributed by atoms with Crippen LogP contribution in [0.4, 0.5) is 26.3 Å². The van der Waals surface area contributed by atoms with E-state index in [2.05, 4.69) is 5.32 Å². The van der Waals surface area contributed by atoms with Gasteiger partial charge >= 0.3 is 12.4 Å². The molecule has 0 bridgehead atoms. The van der Waals surface area contributed by atoms with Crippen LogP contribution in [0.2, 0.25) is 0 Å². The summed E-state index contributed by atoms with van der Waals surface area (Å²) < 4.78 is 85.4. The zero-order valence-corrected chi connectivity index (χ0v) is 19.5. The molecule has 0 aliphatic carbocycles. The summed E-state index contributed by atoms with van der Waals surface area (Å²) in [6.45, 7) is 1.98. The van der Waals surface area contributed by atoms with Gasteiger partial charge in [0.25, 0.3) is 0 Å². The van der Waals surface area contributed by atoms with Crippen LogP contribution in [0.5, 0.6) is 0 Å². The summed E-state index contributed by atoms with van der Waals surface area (Å²) in [6, 6.07) is 10.8. The summed E-state index contributed by atoms with van der Waals surface area (Å²) in [6.07, 6.45) is -8.33. The maximum Gasteiger partial charge on any atom is 0.416 e. The molecule has 0 aromatic heterocycles. The number of halogens is 6. The van der Waals surface area contributed by atoms with Gasteiger partial charge in [0.1, 0.15) is 0 Å². The fourth-order valence-electron chi connectivity index (χ4n) is 4.98. The second kappa shape index (κ2) is 10.8. The lowest BCUT2D eigenvalue weighted by Gasteiger charge is -2.40. The number of hydrogen-bond donors (Lipinski definition) is 1. The summed E-state index contributed by atoms with van der Waals surface area (Å²) in [5, 5.41) is 3.24. The first kappa shape index (κ1) is 26.5. The molecular formula is C26H28F6N2O2. The number of benzene rings is 2. The Bertz CT molecular complexity index is 1000. The van der Waals surface area contributed by atoms with Crippen molar-refractivity contribution in [2.75, 3.05) is 26.2 Å². The van der Waals surface area contributed by atoms with Gasteiger partial charge in [0.15, 0.2) is 0 Å². The van der Waals surface area contributed by atoms with Crippen LogP contribution in [-0.2, 0) is 28.5 Å². The van der Waals surface area contributed by atoms with Crippen molar-refractivity contribution in [2.24, 2.45) is 5.92 Å². The second-order valence-corrected chi connectivity index (χ2v) is 9.38. The molecule has 2 heterocycles. The van der Waals surface area contributed by atoms with E-state index in [4.69, 9.17) is 4.74 Å². The second-order valence-electron chi connectivity index (χ2n) is 9.38. The van der Waals surface area contributed by atoms with Gasteiger partial charge in [0, 0.05) is 24.9 Å². The molecule has 0 radical (unpaired) electrons. The molecule has 196 valence electrons. The Morgan fingerprint density at radius 1 is 0.917 bits per heavy atom. The van der Waals surface area contributed by atoms with E-state index in [9.17, 15) is 31.1 Å². The zero-order valence-electron chi connectivity index (χ0n) is 19.5. The number of alkyl halides is 6. The van der Waals surface area contributed by atoms with Gasteiger partial charge in [-0.3, -0.25) is 4.79 Å². The monoisotopic (exact) mass is 514 g/mol. The van der Waals surface area contributed by atoms with Crippen molar-refractivity contribution >= 4 is 5.91 Å². The Morgan fingerprint density at radius 3 is 2.11 bits per heavy atom. The number of ether oxygens (including phenoxy) is 1. The van der Waals surface area contributed by atoms with Crippen LogP contribution in [0.15, 0.2) is 48.5 Å². The Morgan fingerprint density at radius 2 is 1.53 bits per heavy atom. The van der Waals surface area contributed by atoms with Crippen LogP contribution in [0.1, 0.15) is 47.4 Å². The van der Waals surface area contributed by atoms with E-state index in [1.54, 1.807) is 0 Å². The van der Waals surface area contributed by atoms with Crippen LogP contribution in [0.25, 0.3) is 0 Å². The average Bonchev–Trinajstić information content (AvgIpc) is 2.87. The smallest absolute Gasteiger partial charge is 0.373 e. The molecule has 2 aliphatic heterocycles. The molecule has 36 heavy (non-hydrogen) atoms. The number of nitrogens with zero attached hydrogens (tertiary/aromatic N) is 1. The van der Waals surface area contributed by atoms with Gasteiger partial charge in [-0.1, -0.05) is 30.3 Å². The number of amides is 1. The third kappa shape index (κ3) is 6.39. The highest BCUT2D eigenvalue weighted by Crippen LogP contribution is 2.37. The normalized spacial score (nSPS) is 22.0. The van der Waals surface area contributed by atoms with E-state index in [0.717, 1.165) is 31.5 Å². The summed E-state index contributed by atoms with van der Waals surface area (Å²) in [5.41, 5.74) is -2.02. The molecule has 0 spiro atoms. The fourth-order valence-corrected chi connectivity index (χ4v) is 4.98. The molecule has 10 heteroatoms. The van der Waals surface area contributed by atoms with Crippen molar-refractivity contribution in [2.45, 2.75) is 50.2 Å². The molecule has 2 aliphatic rings. The van der Waals surface area contributed by atoms with E-state index in [1.165, 1.54) is 0 Å². The minimum Gasteiger partial charge on any atom is -0.373 e. The molecule has 0 saturated carbocycles. The van der Waals surface area contributed by atoms with Crippen molar-refractivity contribution < 1.29 is 35.9 Å². The number of piperidine rings is 2. The predicted octanol–water partition coefficient (Wildman–Crippen LogP) is 5.63. The minimum atomic E-state index is -4.91. The largest absolute Gasteiger partial charge is 0.416 e. The number of nitrogens with one attached hydrogen (secondary N) is 1. The van der Waals surface area contributed by atoms with E-state index in [-0.39, 0.29) is 29.4 Å².